The highest BCUT2D eigenvalue weighted by molar-refractivity contribution is 7.79. The number of rotatable bonds is 1. The summed E-state index contributed by atoms with van der Waals surface area (Å²) in [5.74, 6) is 5.26. The Labute approximate surface area is 107 Å². The monoisotopic (exact) mass is 307 g/mol. The summed E-state index contributed by atoms with van der Waals surface area (Å²) in [7, 11) is -5.17. The molecule has 0 aliphatic rings. The van der Waals surface area contributed by atoms with Gasteiger partial charge in [-0.1, -0.05) is 34.8 Å². The van der Waals surface area contributed by atoms with Crippen LogP contribution in [0.5, 0.6) is 0 Å². The van der Waals surface area contributed by atoms with E-state index in [2.05, 4.69) is 0 Å². The quantitative estimate of drug-likeness (QED) is 0.255. The number of halogens is 3. The molecule has 0 aliphatic heterocycles. The Kier molecular flexibility index (Phi) is 6.53. The van der Waals surface area contributed by atoms with Crippen LogP contribution >= 0.6 is 34.8 Å². The molecular formula is C6H6Cl3N2O4S-. The van der Waals surface area contributed by atoms with E-state index in [0.717, 1.165) is 0 Å². The number of hydrogen-bond donors (Lipinski definition) is 2. The Morgan fingerprint density at radius 3 is 1.69 bits per heavy atom. The van der Waals surface area contributed by atoms with Gasteiger partial charge < -0.3 is 9.11 Å². The summed E-state index contributed by atoms with van der Waals surface area (Å²) >= 11 is 17.2. The second-order valence-electron chi connectivity index (χ2n) is 2.36. The van der Waals surface area contributed by atoms with Crippen molar-refractivity contribution in [3.05, 3.63) is 27.2 Å². The van der Waals surface area contributed by atoms with Crippen LogP contribution in [0.25, 0.3) is 0 Å². The zero-order valence-corrected chi connectivity index (χ0v) is 10.6. The average molecular weight is 309 g/mol. The van der Waals surface area contributed by atoms with Gasteiger partial charge in [-0.05, 0) is 12.1 Å². The summed E-state index contributed by atoms with van der Waals surface area (Å²) in [6.45, 7) is 0. The van der Waals surface area contributed by atoms with Crippen LogP contribution in [0, 0.1) is 0 Å². The maximum atomic E-state index is 8.52. The third-order valence-corrected chi connectivity index (χ3v) is 2.05. The van der Waals surface area contributed by atoms with Gasteiger partial charge in [0.2, 0.25) is 0 Å². The Balaban J connectivity index is 0.000000385. The van der Waals surface area contributed by atoms with Gasteiger partial charge in [0.25, 0.3) is 0 Å². The zero-order valence-electron chi connectivity index (χ0n) is 7.48. The van der Waals surface area contributed by atoms with Crippen LogP contribution < -0.4 is 11.3 Å². The lowest BCUT2D eigenvalue weighted by Crippen LogP contribution is -2.85. The van der Waals surface area contributed by atoms with Gasteiger partial charge in [0.15, 0.2) is 5.69 Å². The van der Waals surface area contributed by atoms with E-state index in [1.165, 1.54) is 5.43 Å². The van der Waals surface area contributed by atoms with Crippen LogP contribution in [0.3, 0.4) is 0 Å². The highest BCUT2D eigenvalue weighted by atomic mass is 35.5. The van der Waals surface area contributed by atoms with Crippen LogP contribution in [-0.2, 0) is 10.4 Å². The Morgan fingerprint density at radius 2 is 1.44 bits per heavy atom. The van der Waals surface area contributed by atoms with Crippen LogP contribution in [0.2, 0.25) is 15.1 Å². The summed E-state index contributed by atoms with van der Waals surface area (Å²) in [4.78, 5) is 0. The molecule has 0 aromatic heterocycles. The molecule has 10 heteroatoms. The predicted molar refractivity (Wildman–Crippen MR) is 57.7 cm³/mol. The van der Waals surface area contributed by atoms with E-state index in [9.17, 15) is 0 Å². The molecule has 6 nitrogen and oxygen atoms in total. The Bertz CT molecular complexity index is 434. The van der Waals surface area contributed by atoms with Gasteiger partial charge in [-0.25, -0.2) is 5.43 Å². The molecule has 0 fully saturated rings. The molecule has 16 heavy (non-hydrogen) atoms. The molecular weight excluding hydrogens is 303 g/mol. The summed E-state index contributed by atoms with van der Waals surface area (Å²) in [5, 5.41) is 1.43. The van der Waals surface area contributed by atoms with Gasteiger partial charge in [0, 0.05) is 15.4 Å². The normalized spacial score (nSPS) is 10.6. The number of quaternary nitrogens is 1. The molecule has 0 unspecified atom stereocenters. The summed E-state index contributed by atoms with van der Waals surface area (Å²) in [6.07, 6.45) is 0. The Hall–Kier alpha value is -0.120. The lowest BCUT2D eigenvalue weighted by molar-refractivity contribution is -0.584. The highest BCUT2D eigenvalue weighted by Crippen LogP contribution is 2.29. The lowest BCUT2D eigenvalue weighted by atomic mass is 10.3. The molecule has 0 spiro atoms. The minimum Gasteiger partial charge on any atom is -0.759 e. The maximum absolute atomic E-state index is 8.52. The molecule has 1 aromatic rings. The molecule has 1 aromatic carbocycles. The van der Waals surface area contributed by atoms with Gasteiger partial charge >= 0.3 is 0 Å². The van der Waals surface area contributed by atoms with E-state index in [0.29, 0.717) is 20.8 Å². The molecule has 0 aliphatic carbocycles. The minimum absolute atomic E-state index is 0.463. The van der Waals surface area contributed by atoms with E-state index < -0.39 is 10.4 Å². The van der Waals surface area contributed by atoms with Gasteiger partial charge in [-0.2, -0.15) is 5.84 Å². The highest BCUT2D eigenvalue weighted by Gasteiger charge is 2.09. The fraction of sp³-hybridized carbons (Fsp3) is 0. The maximum Gasteiger partial charge on any atom is 0.186 e. The second kappa shape index (κ2) is 6.58. The fourth-order valence-electron chi connectivity index (χ4n) is 0.713. The zero-order chi connectivity index (χ0) is 12.9. The minimum atomic E-state index is -5.17. The second-order valence-corrected chi connectivity index (χ2v) is 4.43. The average Bonchev–Trinajstić information content (AvgIpc) is 1.99. The molecule has 0 atom stereocenters. The van der Waals surface area contributed by atoms with Gasteiger partial charge in [-0.15, -0.1) is 0 Å². The van der Waals surface area contributed by atoms with E-state index in [1.807, 2.05) is 0 Å². The summed E-state index contributed by atoms with van der Waals surface area (Å²) in [5.41, 5.74) is 1.96. The van der Waals surface area contributed by atoms with Crippen molar-refractivity contribution in [3.63, 3.8) is 0 Å². The number of hydrogen-bond acceptors (Lipinski definition) is 5. The molecule has 1 rings (SSSR count). The molecule has 4 N–H and O–H groups in total. The van der Waals surface area contributed by atoms with E-state index in [-0.39, 0.29) is 0 Å². The van der Waals surface area contributed by atoms with Gasteiger partial charge in [-0.3, -0.25) is 8.42 Å². The largest absolute Gasteiger partial charge is 0.759 e. The van der Waals surface area contributed by atoms with Crippen molar-refractivity contribution in [2.75, 3.05) is 0 Å². The van der Waals surface area contributed by atoms with Crippen molar-refractivity contribution in [2.24, 2.45) is 5.84 Å². The smallest absolute Gasteiger partial charge is 0.186 e. The van der Waals surface area contributed by atoms with Crippen molar-refractivity contribution < 1.29 is 22.9 Å². The molecule has 0 bridgehead atoms. The van der Waals surface area contributed by atoms with Crippen molar-refractivity contribution in [1.82, 2.24) is 0 Å². The third kappa shape index (κ3) is 7.20. The molecule has 0 saturated heterocycles. The molecule has 0 heterocycles. The topological polar surface area (TPSA) is 123 Å². The molecule has 0 radical (unpaired) electrons. The lowest BCUT2D eigenvalue weighted by Gasteiger charge is -2.06. The van der Waals surface area contributed by atoms with Crippen LogP contribution in [0.1, 0.15) is 0 Å². The third-order valence-electron chi connectivity index (χ3n) is 1.21. The van der Waals surface area contributed by atoms with Gasteiger partial charge in [0.1, 0.15) is 10.0 Å². The van der Waals surface area contributed by atoms with Crippen molar-refractivity contribution in [3.8, 4) is 0 Å². The first kappa shape index (κ1) is 15.9. The van der Waals surface area contributed by atoms with E-state index in [1.54, 1.807) is 12.1 Å². The van der Waals surface area contributed by atoms with Crippen LogP contribution in [-0.4, -0.2) is 17.5 Å². The van der Waals surface area contributed by atoms with Crippen molar-refractivity contribution in [1.29, 1.82) is 0 Å². The van der Waals surface area contributed by atoms with E-state index >= 15 is 0 Å². The first-order valence-corrected chi connectivity index (χ1v) is 5.98. The van der Waals surface area contributed by atoms with Gasteiger partial charge in [0.05, 0.1) is 0 Å². The summed E-state index contributed by atoms with van der Waals surface area (Å²) < 4.78 is 34.1. The van der Waals surface area contributed by atoms with E-state index in [4.69, 9.17) is 58.2 Å². The van der Waals surface area contributed by atoms with Crippen LogP contribution in [0.15, 0.2) is 12.1 Å². The fourth-order valence-corrected chi connectivity index (χ4v) is 1.66. The van der Waals surface area contributed by atoms with Crippen molar-refractivity contribution in [2.45, 2.75) is 0 Å². The van der Waals surface area contributed by atoms with Crippen molar-refractivity contribution >= 4 is 50.9 Å². The molecule has 0 saturated carbocycles. The predicted octanol–water partition coefficient (Wildman–Crippen LogP) is 0.377. The molecule has 92 valence electrons. The number of nitrogens with two attached hydrogens (primary N) is 2. The first-order chi connectivity index (χ1) is 7.15. The van der Waals surface area contributed by atoms with Crippen LogP contribution in [0.4, 0.5) is 5.69 Å². The molecule has 0 amide bonds. The summed E-state index contributed by atoms with van der Waals surface area (Å²) in [6, 6.07) is 3.18. The first-order valence-electron chi connectivity index (χ1n) is 3.51. The Morgan fingerprint density at radius 1 is 1.12 bits per heavy atom. The SMILES string of the molecule is N[NH2+]c1c(Cl)cc(Cl)cc1Cl.O=S(=O)([O-])[O-]. The number of benzene rings is 1. The standard InChI is InChI=1S/C6H5Cl3N2.H2O4S/c7-3-1-4(8)6(11-10)5(9)2-3;1-5(2,3)4/h1-2,11H,10H2;(H2,1,2,3,4)/p-1.